The van der Waals surface area contributed by atoms with Gasteiger partial charge < -0.3 is 15.4 Å². The zero-order valence-corrected chi connectivity index (χ0v) is 18.9. The number of benzene rings is 2. The summed E-state index contributed by atoms with van der Waals surface area (Å²) in [5.41, 5.74) is 3.67. The first-order chi connectivity index (χ1) is 16.0. The second-order valence-electron chi connectivity index (χ2n) is 7.23. The fourth-order valence-corrected chi connectivity index (χ4v) is 3.28. The summed E-state index contributed by atoms with van der Waals surface area (Å²) in [5, 5.41) is 6.22. The maximum atomic E-state index is 12.3. The Morgan fingerprint density at radius 2 is 1.82 bits per heavy atom. The van der Waals surface area contributed by atoms with E-state index in [-0.39, 0.29) is 6.03 Å². The minimum absolute atomic E-state index is 0.350. The van der Waals surface area contributed by atoms with Crippen molar-refractivity contribution in [1.82, 2.24) is 15.0 Å². The van der Waals surface area contributed by atoms with Crippen molar-refractivity contribution in [2.24, 2.45) is 0 Å². The molecule has 0 aliphatic heterocycles. The van der Waals surface area contributed by atoms with Crippen molar-refractivity contribution in [1.29, 1.82) is 0 Å². The van der Waals surface area contributed by atoms with Crippen LogP contribution < -0.4 is 15.4 Å². The third-order valence-electron chi connectivity index (χ3n) is 4.83. The van der Waals surface area contributed by atoms with Crippen LogP contribution in [0, 0.1) is 6.92 Å². The van der Waals surface area contributed by atoms with Crippen molar-refractivity contribution in [3.8, 4) is 22.9 Å². The SMILES string of the molecule is CCc1nccc(-c2cccnc2Oc2ccc(NC(=O)Nc3ccc(Cl)cc3)c(C)c2)n1. The average molecular weight is 460 g/mol. The summed E-state index contributed by atoms with van der Waals surface area (Å²) in [6.07, 6.45) is 4.14. The van der Waals surface area contributed by atoms with Crippen LogP contribution in [-0.2, 0) is 6.42 Å². The number of carbonyl (C=O) groups excluding carboxylic acids is 1. The first-order valence-electron chi connectivity index (χ1n) is 10.4. The van der Waals surface area contributed by atoms with Crippen molar-refractivity contribution < 1.29 is 9.53 Å². The minimum Gasteiger partial charge on any atom is -0.438 e. The van der Waals surface area contributed by atoms with E-state index in [1.165, 1.54) is 0 Å². The topological polar surface area (TPSA) is 89.0 Å². The molecule has 2 N–H and O–H groups in total. The molecular weight excluding hydrogens is 438 g/mol. The van der Waals surface area contributed by atoms with Crippen LogP contribution in [0.25, 0.3) is 11.3 Å². The highest BCUT2D eigenvalue weighted by atomic mass is 35.5. The quantitative estimate of drug-likeness (QED) is 0.343. The summed E-state index contributed by atoms with van der Waals surface area (Å²) in [6.45, 7) is 3.90. The van der Waals surface area contributed by atoms with Gasteiger partial charge in [0.15, 0.2) is 0 Å². The van der Waals surface area contributed by atoms with Crippen molar-refractivity contribution >= 4 is 29.0 Å². The number of pyridine rings is 1. The van der Waals surface area contributed by atoms with E-state index >= 15 is 0 Å². The van der Waals surface area contributed by atoms with E-state index in [1.54, 1.807) is 48.8 Å². The summed E-state index contributed by atoms with van der Waals surface area (Å²) in [4.78, 5) is 25.6. The molecule has 7 nitrogen and oxygen atoms in total. The van der Waals surface area contributed by atoms with Crippen molar-refractivity contribution in [3.05, 3.63) is 89.5 Å². The monoisotopic (exact) mass is 459 g/mol. The number of amides is 2. The fourth-order valence-electron chi connectivity index (χ4n) is 3.16. The van der Waals surface area contributed by atoms with Gasteiger partial charge in [-0.15, -0.1) is 0 Å². The summed E-state index contributed by atoms with van der Waals surface area (Å²) >= 11 is 5.88. The first kappa shape index (κ1) is 22.2. The van der Waals surface area contributed by atoms with Crippen LogP contribution >= 0.6 is 11.6 Å². The average Bonchev–Trinajstić information content (AvgIpc) is 2.83. The Balaban J connectivity index is 1.49. The molecule has 0 aliphatic rings. The number of anilines is 2. The van der Waals surface area contributed by atoms with Gasteiger partial charge in [0.1, 0.15) is 11.6 Å². The van der Waals surface area contributed by atoms with E-state index in [0.717, 1.165) is 29.1 Å². The van der Waals surface area contributed by atoms with E-state index in [4.69, 9.17) is 16.3 Å². The van der Waals surface area contributed by atoms with Crippen LogP contribution in [-0.4, -0.2) is 21.0 Å². The van der Waals surface area contributed by atoms with Gasteiger partial charge in [0.2, 0.25) is 5.88 Å². The van der Waals surface area contributed by atoms with Gasteiger partial charge in [-0.3, -0.25) is 0 Å². The number of carbonyl (C=O) groups is 1. The van der Waals surface area contributed by atoms with Crippen molar-refractivity contribution in [3.63, 3.8) is 0 Å². The predicted molar refractivity (Wildman–Crippen MR) is 130 cm³/mol. The smallest absolute Gasteiger partial charge is 0.323 e. The molecule has 0 fully saturated rings. The minimum atomic E-state index is -0.350. The Hall–Kier alpha value is -3.97. The highest BCUT2D eigenvalue weighted by Gasteiger charge is 2.12. The molecule has 8 heteroatoms. The number of hydrogen-bond acceptors (Lipinski definition) is 5. The zero-order chi connectivity index (χ0) is 23.2. The maximum absolute atomic E-state index is 12.3. The fraction of sp³-hybridized carbons (Fsp3) is 0.120. The molecule has 0 unspecified atom stereocenters. The molecule has 0 saturated heterocycles. The molecule has 2 amide bonds. The van der Waals surface area contributed by atoms with Gasteiger partial charge in [0, 0.05) is 35.2 Å². The molecule has 0 spiro atoms. The Morgan fingerprint density at radius 3 is 2.58 bits per heavy atom. The highest BCUT2D eigenvalue weighted by Crippen LogP contribution is 2.31. The van der Waals surface area contributed by atoms with E-state index < -0.39 is 0 Å². The number of aryl methyl sites for hydroxylation is 2. The molecule has 4 rings (SSSR count). The van der Waals surface area contributed by atoms with Crippen LogP contribution in [0.1, 0.15) is 18.3 Å². The third-order valence-corrected chi connectivity index (χ3v) is 5.08. The summed E-state index contributed by atoms with van der Waals surface area (Å²) in [7, 11) is 0. The standard InChI is InChI=1S/C25H22ClN5O2/c1-3-23-27-14-12-22(30-23)20-5-4-13-28-24(20)33-19-10-11-21(16(2)15-19)31-25(32)29-18-8-6-17(26)7-9-18/h4-15H,3H2,1-2H3,(H2,29,31,32). The molecule has 0 radical (unpaired) electrons. The summed E-state index contributed by atoms with van der Waals surface area (Å²) < 4.78 is 6.07. The highest BCUT2D eigenvalue weighted by molar-refractivity contribution is 6.30. The second kappa shape index (κ2) is 10.1. The maximum Gasteiger partial charge on any atom is 0.323 e. The molecule has 0 aliphatic carbocycles. The number of urea groups is 1. The van der Waals surface area contributed by atoms with Crippen LogP contribution in [0.15, 0.2) is 73.1 Å². The Kier molecular flexibility index (Phi) is 6.80. The molecule has 2 aromatic heterocycles. The van der Waals surface area contributed by atoms with Crippen LogP contribution in [0.4, 0.5) is 16.2 Å². The Bertz CT molecular complexity index is 1280. The Morgan fingerprint density at radius 1 is 1.00 bits per heavy atom. The van der Waals surface area contributed by atoms with E-state index in [1.807, 2.05) is 38.1 Å². The van der Waals surface area contributed by atoms with Gasteiger partial charge in [0.05, 0.1) is 11.3 Å². The number of rotatable bonds is 6. The molecule has 33 heavy (non-hydrogen) atoms. The second-order valence-corrected chi connectivity index (χ2v) is 7.67. The van der Waals surface area contributed by atoms with Crippen molar-refractivity contribution in [2.45, 2.75) is 20.3 Å². The van der Waals surface area contributed by atoms with Gasteiger partial charge in [-0.1, -0.05) is 18.5 Å². The van der Waals surface area contributed by atoms with Gasteiger partial charge in [0.25, 0.3) is 0 Å². The van der Waals surface area contributed by atoms with E-state index in [9.17, 15) is 4.79 Å². The molecule has 4 aromatic rings. The third kappa shape index (κ3) is 5.64. The zero-order valence-electron chi connectivity index (χ0n) is 18.2. The van der Waals surface area contributed by atoms with Gasteiger partial charge in [-0.25, -0.2) is 19.7 Å². The lowest BCUT2D eigenvalue weighted by Crippen LogP contribution is -2.19. The normalized spacial score (nSPS) is 10.5. The van der Waals surface area contributed by atoms with E-state index in [2.05, 4.69) is 25.6 Å². The van der Waals surface area contributed by atoms with E-state index in [0.29, 0.717) is 28.0 Å². The first-order valence-corrected chi connectivity index (χ1v) is 10.8. The number of ether oxygens (including phenoxy) is 1. The van der Waals surface area contributed by atoms with Gasteiger partial charge in [-0.05, 0) is 73.2 Å². The molecule has 166 valence electrons. The molecule has 0 atom stereocenters. The van der Waals surface area contributed by atoms with Crippen LogP contribution in [0.3, 0.4) is 0 Å². The van der Waals surface area contributed by atoms with Crippen molar-refractivity contribution in [2.75, 3.05) is 10.6 Å². The number of nitrogens with zero attached hydrogens (tertiary/aromatic N) is 3. The largest absolute Gasteiger partial charge is 0.438 e. The number of halogens is 1. The lowest BCUT2D eigenvalue weighted by Gasteiger charge is -2.13. The molecule has 2 aromatic carbocycles. The van der Waals surface area contributed by atoms with Crippen LogP contribution in [0.5, 0.6) is 11.6 Å². The molecular formula is C25H22ClN5O2. The Labute approximate surface area is 196 Å². The number of aromatic nitrogens is 3. The molecule has 0 bridgehead atoms. The lowest BCUT2D eigenvalue weighted by molar-refractivity contribution is 0.262. The van der Waals surface area contributed by atoms with Gasteiger partial charge in [-0.2, -0.15) is 0 Å². The van der Waals surface area contributed by atoms with Crippen LogP contribution in [0.2, 0.25) is 5.02 Å². The predicted octanol–water partition coefficient (Wildman–Crippen LogP) is 6.50. The molecule has 0 saturated carbocycles. The number of hydrogen-bond donors (Lipinski definition) is 2. The number of nitrogens with one attached hydrogen (secondary N) is 2. The molecule has 2 heterocycles. The lowest BCUT2D eigenvalue weighted by atomic mass is 10.1. The summed E-state index contributed by atoms with van der Waals surface area (Å²) in [5.74, 6) is 1.80. The summed E-state index contributed by atoms with van der Waals surface area (Å²) in [6, 6.07) is 17.5. The van der Waals surface area contributed by atoms with Gasteiger partial charge >= 0.3 is 6.03 Å².